The summed E-state index contributed by atoms with van der Waals surface area (Å²) in [6.07, 6.45) is 2.28. The summed E-state index contributed by atoms with van der Waals surface area (Å²) in [4.78, 5) is 0. The Labute approximate surface area is 62.1 Å². The van der Waals surface area contributed by atoms with Gasteiger partial charge in [0.15, 0.2) is 0 Å². The van der Waals surface area contributed by atoms with Crippen molar-refractivity contribution < 1.29 is 4.39 Å². The molecule has 0 spiro atoms. The van der Waals surface area contributed by atoms with Gasteiger partial charge in [0.05, 0.1) is 0 Å². The Balaban J connectivity index is 2.71. The van der Waals surface area contributed by atoms with Crippen LogP contribution in [0.2, 0.25) is 0 Å². The Morgan fingerprint density at radius 3 is 2.60 bits per heavy atom. The minimum Gasteiger partial charge on any atom is -0.247 e. The molecule has 0 aromatic heterocycles. The lowest BCUT2D eigenvalue weighted by Gasteiger charge is -2.25. The Kier molecular flexibility index (Phi) is 2.12. The van der Waals surface area contributed by atoms with E-state index in [-0.39, 0.29) is 5.92 Å². The van der Waals surface area contributed by atoms with Gasteiger partial charge in [-0.1, -0.05) is 25.5 Å². The quantitative estimate of drug-likeness (QED) is 0.456. The van der Waals surface area contributed by atoms with Gasteiger partial charge in [-0.05, 0) is 19.3 Å². The maximum atomic E-state index is 13.0. The Bertz CT molecular complexity index is 149. The fourth-order valence-corrected chi connectivity index (χ4v) is 1.51. The van der Waals surface area contributed by atoms with Gasteiger partial charge in [-0.15, -0.1) is 0 Å². The largest absolute Gasteiger partial charge is 0.247 e. The fraction of sp³-hybridized carbons (Fsp3) is 0.778. The van der Waals surface area contributed by atoms with E-state index in [0.29, 0.717) is 12.3 Å². The van der Waals surface area contributed by atoms with Crippen molar-refractivity contribution in [3.8, 4) is 0 Å². The smallest absolute Gasteiger partial charge is 0.107 e. The van der Waals surface area contributed by atoms with E-state index in [2.05, 4.69) is 13.0 Å². The van der Waals surface area contributed by atoms with E-state index in [4.69, 9.17) is 0 Å². The van der Waals surface area contributed by atoms with Crippen LogP contribution in [0.1, 0.15) is 27.2 Å². The highest BCUT2D eigenvalue weighted by Crippen LogP contribution is 2.29. The molecule has 0 saturated heterocycles. The van der Waals surface area contributed by atoms with Crippen LogP contribution in [-0.2, 0) is 0 Å². The van der Waals surface area contributed by atoms with Crippen LogP contribution in [0, 0.1) is 11.8 Å². The average Bonchev–Trinajstić information content (AvgIpc) is 1.82. The van der Waals surface area contributed by atoms with Crippen LogP contribution < -0.4 is 0 Å². The predicted molar refractivity (Wildman–Crippen MR) is 41.6 cm³/mol. The summed E-state index contributed by atoms with van der Waals surface area (Å²) in [6, 6.07) is 0. The number of halogens is 1. The summed E-state index contributed by atoms with van der Waals surface area (Å²) in [6.45, 7) is 6.05. The van der Waals surface area contributed by atoms with Crippen LogP contribution in [0.3, 0.4) is 0 Å². The molecule has 58 valence electrons. The van der Waals surface area contributed by atoms with Gasteiger partial charge in [0.25, 0.3) is 0 Å². The predicted octanol–water partition coefficient (Wildman–Crippen LogP) is 2.95. The molecule has 10 heavy (non-hydrogen) atoms. The lowest BCUT2D eigenvalue weighted by atomic mass is 9.83. The molecule has 1 heteroatoms. The molecular weight excluding hydrogens is 127 g/mol. The van der Waals surface area contributed by atoms with Gasteiger partial charge in [-0.2, -0.15) is 0 Å². The van der Waals surface area contributed by atoms with E-state index in [1.54, 1.807) is 0 Å². The van der Waals surface area contributed by atoms with Crippen LogP contribution in [0.4, 0.5) is 4.39 Å². The third-order valence-electron chi connectivity index (χ3n) is 2.41. The van der Waals surface area contributed by atoms with E-state index in [1.807, 2.05) is 13.8 Å². The monoisotopic (exact) mass is 142 g/mol. The molecule has 0 bridgehead atoms. The van der Waals surface area contributed by atoms with Crippen LogP contribution in [0.5, 0.6) is 0 Å². The van der Waals surface area contributed by atoms with Crippen LogP contribution in [0.15, 0.2) is 11.6 Å². The molecule has 3 atom stereocenters. The second-order valence-corrected chi connectivity index (χ2v) is 3.43. The van der Waals surface area contributed by atoms with Gasteiger partial charge in [0.2, 0.25) is 0 Å². The van der Waals surface area contributed by atoms with E-state index in [0.717, 1.165) is 0 Å². The molecule has 0 heterocycles. The molecule has 0 N–H and O–H groups in total. The van der Waals surface area contributed by atoms with E-state index in [9.17, 15) is 4.39 Å². The minimum atomic E-state index is -0.611. The molecule has 1 aliphatic rings. The van der Waals surface area contributed by atoms with Gasteiger partial charge >= 0.3 is 0 Å². The molecule has 1 aliphatic carbocycles. The minimum absolute atomic E-state index is 0.149. The summed E-state index contributed by atoms with van der Waals surface area (Å²) in [5.74, 6) is 0.586. The van der Waals surface area contributed by atoms with Crippen LogP contribution in [-0.4, -0.2) is 6.17 Å². The molecule has 0 fully saturated rings. The van der Waals surface area contributed by atoms with E-state index in [1.165, 1.54) is 5.57 Å². The normalized spacial score (nSPS) is 41.2. The summed E-state index contributed by atoms with van der Waals surface area (Å²) in [5.41, 5.74) is 1.21. The highest BCUT2D eigenvalue weighted by atomic mass is 19.1. The number of alkyl halides is 1. The third-order valence-corrected chi connectivity index (χ3v) is 2.41. The molecule has 0 amide bonds. The molecule has 3 unspecified atom stereocenters. The van der Waals surface area contributed by atoms with Crippen molar-refractivity contribution in [2.24, 2.45) is 11.8 Å². The van der Waals surface area contributed by atoms with Gasteiger partial charge in [-0.25, -0.2) is 4.39 Å². The van der Waals surface area contributed by atoms with Gasteiger partial charge in [-0.3, -0.25) is 0 Å². The Morgan fingerprint density at radius 2 is 2.10 bits per heavy atom. The molecule has 0 aromatic carbocycles. The van der Waals surface area contributed by atoms with Crippen LogP contribution >= 0.6 is 0 Å². The van der Waals surface area contributed by atoms with Gasteiger partial charge in [0.1, 0.15) is 6.17 Å². The molecule has 0 aromatic rings. The van der Waals surface area contributed by atoms with E-state index >= 15 is 0 Å². The zero-order chi connectivity index (χ0) is 7.72. The molecular formula is C9H15F. The highest BCUT2D eigenvalue weighted by molar-refractivity contribution is 5.10. The lowest BCUT2D eigenvalue weighted by Crippen LogP contribution is -2.21. The van der Waals surface area contributed by atoms with Crippen molar-refractivity contribution in [2.75, 3.05) is 0 Å². The number of hydrogen-bond donors (Lipinski definition) is 0. The second-order valence-electron chi connectivity index (χ2n) is 3.43. The number of hydrogen-bond acceptors (Lipinski definition) is 0. The summed E-state index contributed by atoms with van der Waals surface area (Å²) >= 11 is 0. The first-order valence-corrected chi connectivity index (χ1v) is 3.93. The van der Waals surface area contributed by atoms with Crippen LogP contribution in [0.25, 0.3) is 0 Å². The maximum Gasteiger partial charge on any atom is 0.107 e. The second kappa shape index (κ2) is 2.73. The highest BCUT2D eigenvalue weighted by Gasteiger charge is 2.24. The zero-order valence-corrected chi connectivity index (χ0v) is 6.89. The molecule has 1 rings (SSSR count). The first-order chi connectivity index (χ1) is 4.61. The maximum absolute atomic E-state index is 13.0. The summed E-state index contributed by atoms with van der Waals surface area (Å²) < 4.78 is 13.0. The molecule has 0 aliphatic heterocycles. The Morgan fingerprint density at radius 1 is 1.50 bits per heavy atom. The van der Waals surface area contributed by atoms with Crippen molar-refractivity contribution >= 4 is 0 Å². The van der Waals surface area contributed by atoms with Crippen molar-refractivity contribution in [3.05, 3.63) is 11.6 Å². The molecule has 0 radical (unpaired) electrons. The summed E-state index contributed by atoms with van der Waals surface area (Å²) in [5, 5.41) is 0. The Hall–Kier alpha value is -0.330. The van der Waals surface area contributed by atoms with Crippen molar-refractivity contribution in [1.82, 2.24) is 0 Å². The first-order valence-electron chi connectivity index (χ1n) is 3.93. The fourth-order valence-electron chi connectivity index (χ4n) is 1.51. The summed E-state index contributed by atoms with van der Waals surface area (Å²) in [7, 11) is 0. The van der Waals surface area contributed by atoms with Gasteiger partial charge in [0, 0.05) is 5.92 Å². The lowest BCUT2D eigenvalue weighted by molar-refractivity contribution is 0.219. The standard InChI is InChI=1S/C9H15F/c1-6-4-7(2)8(3)9(10)5-6/h4,6,8-9H,5H2,1-3H3. The zero-order valence-electron chi connectivity index (χ0n) is 6.89. The number of allylic oxidation sites excluding steroid dienone is 2. The molecule has 0 saturated carbocycles. The van der Waals surface area contributed by atoms with Crippen molar-refractivity contribution in [1.29, 1.82) is 0 Å². The SMILES string of the molecule is CC1=CC(C)CC(F)C1C. The number of rotatable bonds is 0. The topological polar surface area (TPSA) is 0 Å². The third kappa shape index (κ3) is 1.39. The van der Waals surface area contributed by atoms with Crippen molar-refractivity contribution in [3.63, 3.8) is 0 Å². The van der Waals surface area contributed by atoms with E-state index < -0.39 is 6.17 Å². The molecule has 0 nitrogen and oxygen atoms in total. The van der Waals surface area contributed by atoms with Crippen molar-refractivity contribution in [2.45, 2.75) is 33.4 Å². The average molecular weight is 142 g/mol. The first kappa shape index (κ1) is 7.77. The van der Waals surface area contributed by atoms with Gasteiger partial charge < -0.3 is 0 Å².